The number of piperidine rings is 1. The summed E-state index contributed by atoms with van der Waals surface area (Å²) in [5.41, 5.74) is 1.46. The van der Waals surface area contributed by atoms with Crippen LogP contribution in [0, 0.1) is 6.92 Å². The predicted molar refractivity (Wildman–Crippen MR) is 119 cm³/mol. The zero-order valence-corrected chi connectivity index (χ0v) is 18.9. The van der Waals surface area contributed by atoms with E-state index >= 15 is 0 Å². The van der Waals surface area contributed by atoms with Crippen molar-refractivity contribution in [3.8, 4) is 0 Å². The average molecular weight is 444 g/mol. The van der Waals surface area contributed by atoms with Gasteiger partial charge in [-0.15, -0.1) is 0 Å². The number of aromatic nitrogens is 2. The quantitative estimate of drug-likeness (QED) is 0.705. The highest BCUT2D eigenvalue weighted by Gasteiger charge is 2.29. The van der Waals surface area contributed by atoms with E-state index in [0.717, 1.165) is 37.2 Å². The highest BCUT2D eigenvalue weighted by Crippen LogP contribution is 2.24. The fourth-order valence-corrected chi connectivity index (χ4v) is 5.82. The standard InChI is InChI=1S/C22H29N5O3S/c1-17-15-21(24-16-23-17)25(2)19-9-13-26(14-10-19)22(28)18-5-7-20(8-6-18)31(29,30)27-11-3-4-12-27/h5-8,15-16,19H,3-4,9-14H2,1-2H3. The van der Waals surface area contributed by atoms with E-state index in [-0.39, 0.29) is 10.8 Å². The summed E-state index contributed by atoms with van der Waals surface area (Å²) in [5, 5.41) is 0. The SMILES string of the molecule is Cc1cc(N(C)C2CCN(C(=O)c3ccc(S(=O)(=O)N4CCCC4)cc3)CC2)ncn1. The van der Waals surface area contributed by atoms with Crippen molar-refractivity contribution in [1.29, 1.82) is 0 Å². The molecule has 0 radical (unpaired) electrons. The number of sulfonamides is 1. The van der Waals surface area contributed by atoms with Crippen molar-refractivity contribution in [3.05, 3.63) is 47.9 Å². The van der Waals surface area contributed by atoms with Crippen LogP contribution in [0.5, 0.6) is 0 Å². The van der Waals surface area contributed by atoms with Gasteiger partial charge in [-0.1, -0.05) is 0 Å². The van der Waals surface area contributed by atoms with Crippen LogP contribution in [-0.4, -0.2) is 72.8 Å². The van der Waals surface area contributed by atoms with E-state index in [1.165, 1.54) is 4.31 Å². The van der Waals surface area contributed by atoms with Crippen molar-refractivity contribution in [2.24, 2.45) is 0 Å². The molecule has 1 aromatic carbocycles. The van der Waals surface area contributed by atoms with Gasteiger partial charge in [-0.2, -0.15) is 4.31 Å². The van der Waals surface area contributed by atoms with Gasteiger partial charge in [-0.25, -0.2) is 18.4 Å². The molecule has 8 nitrogen and oxygen atoms in total. The Hall–Kier alpha value is -2.52. The normalized spacial score (nSPS) is 18.3. The molecule has 0 N–H and O–H groups in total. The van der Waals surface area contributed by atoms with Crippen LogP contribution in [0.15, 0.2) is 41.6 Å². The Kier molecular flexibility index (Phi) is 6.24. The van der Waals surface area contributed by atoms with Crippen LogP contribution in [0.1, 0.15) is 41.7 Å². The first kappa shape index (κ1) is 21.7. The summed E-state index contributed by atoms with van der Waals surface area (Å²) in [6.45, 7) is 4.40. The molecule has 2 aliphatic rings. The first-order chi connectivity index (χ1) is 14.9. The number of amides is 1. The maximum atomic E-state index is 12.9. The molecule has 1 aromatic heterocycles. The Morgan fingerprint density at radius 1 is 1.03 bits per heavy atom. The summed E-state index contributed by atoms with van der Waals surface area (Å²) in [6.07, 6.45) is 5.09. The number of hydrogen-bond donors (Lipinski definition) is 0. The van der Waals surface area contributed by atoms with E-state index in [0.29, 0.717) is 37.8 Å². The van der Waals surface area contributed by atoms with Crippen molar-refractivity contribution in [3.63, 3.8) is 0 Å². The van der Waals surface area contributed by atoms with Gasteiger partial charge in [-0.3, -0.25) is 4.79 Å². The molecule has 0 atom stereocenters. The van der Waals surface area contributed by atoms with Crippen molar-refractivity contribution in [1.82, 2.24) is 19.2 Å². The van der Waals surface area contributed by atoms with E-state index < -0.39 is 10.0 Å². The highest BCUT2D eigenvalue weighted by atomic mass is 32.2. The Morgan fingerprint density at radius 3 is 2.29 bits per heavy atom. The monoisotopic (exact) mass is 443 g/mol. The van der Waals surface area contributed by atoms with Crippen LogP contribution >= 0.6 is 0 Å². The summed E-state index contributed by atoms with van der Waals surface area (Å²) in [4.78, 5) is 25.7. The molecule has 0 spiro atoms. The molecular weight excluding hydrogens is 414 g/mol. The maximum Gasteiger partial charge on any atom is 0.253 e. The van der Waals surface area contributed by atoms with E-state index in [1.54, 1.807) is 30.6 Å². The molecule has 0 unspecified atom stereocenters. The van der Waals surface area contributed by atoms with Gasteiger partial charge in [0.2, 0.25) is 10.0 Å². The van der Waals surface area contributed by atoms with Gasteiger partial charge in [-0.05, 0) is 56.9 Å². The molecule has 1 amide bonds. The molecule has 2 aliphatic heterocycles. The van der Waals surface area contributed by atoms with Gasteiger partial charge in [0.25, 0.3) is 5.91 Å². The summed E-state index contributed by atoms with van der Waals surface area (Å²) in [5.74, 6) is 0.844. The van der Waals surface area contributed by atoms with Gasteiger partial charge >= 0.3 is 0 Å². The summed E-state index contributed by atoms with van der Waals surface area (Å²) in [7, 11) is -1.43. The van der Waals surface area contributed by atoms with Crippen molar-refractivity contribution < 1.29 is 13.2 Å². The molecule has 166 valence electrons. The van der Waals surface area contributed by atoms with Crippen LogP contribution in [0.2, 0.25) is 0 Å². The minimum absolute atomic E-state index is 0.0518. The smallest absolute Gasteiger partial charge is 0.253 e. The predicted octanol–water partition coefficient (Wildman–Crippen LogP) is 2.31. The highest BCUT2D eigenvalue weighted by molar-refractivity contribution is 7.89. The largest absolute Gasteiger partial charge is 0.356 e. The molecule has 2 fully saturated rings. The number of carbonyl (C=O) groups is 1. The fraction of sp³-hybridized carbons (Fsp3) is 0.500. The minimum atomic E-state index is -3.46. The second-order valence-electron chi connectivity index (χ2n) is 8.29. The first-order valence-corrected chi connectivity index (χ1v) is 12.2. The molecular formula is C22H29N5O3S. The summed E-state index contributed by atoms with van der Waals surface area (Å²) < 4.78 is 26.9. The van der Waals surface area contributed by atoms with Gasteiger partial charge < -0.3 is 9.80 Å². The number of anilines is 1. The first-order valence-electron chi connectivity index (χ1n) is 10.8. The van der Waals surface area contributed by atoms with Gasteiger partial charge in [0, 0.05) is 56.6 Å². The lowest BCUT2D eigenvalue weighted by Gasteiger charge is -2.37. The Morgan fingerprint density at radius 2 is 1.68 bits per heavy atom. The van der Waals surface area contributed by atoms with E-state index in [1.807, 2.05) is 24.9 Å². The van der Waals surface area contributed by atoms with Crippen LogP contribution < -0.4 is 4.90 Å². The number of benzene rings is 1. The lowest BCUT2D eigenvalue weighted by molar-refractivity contribution is 0.0713. The minimum Gasteiger partial charge on any atom is -0.356 e. The van der Waals surface area contributed by atoms with E-state index in [9.17, 15) is 13.2 Å². The van der Waals surface area contributed by atoms with Crippen LogP contribution in [0.4, 0.5) is 5.82 Å². The lowest BCUT2D eigenvalue weighted by Crippen LogP contribution is -2.45. The van der Waals surface area contributed by atoms with Crippen molar-refractivity contribution >= 4 is 21.7 Å². The third-order valence-corrected chi connectivity index (χ3v) is 8.17. The molecule has 0 aliphatic carbocycles. The topological polar surface area (TPSA) is 86.7 Å². The van der Waals surface area contributed by atoms with E-state index in [4.69, 9.17) is 0 Å². The lowest BCUT2D eigenvalue weighted by atomic mass is 10.0. The fourth-order valence-electron chi connectivity index (χ4n) is 4.31. The Bertz CT molecular complexity index is 1030. The number of rotatable bonds is 5. The molecule has 31 heavy (non-hydrogen) atoms. The molecule has 0 bridgehead atoms. The molecule has 2 aromatic rings. The molecule has 0 saturated carbocycles. The molecule has 9 heteroatoms. The Balaban J connectivity index is 1.37. The Labute approximate surface area is 183 Å². The summed E-state index contributed by atoms with van der Waals surface area (Å²) in [6, 6.07) is 8.65. The average Bonchev–Trinajstić information content (AvgIpc) is 3.34. The molecule has 2 saturated heterocycles. The number of aryl methyl sites for hydroxylation is 1. The molecule has 4 rings (SSSR count). The van der Waals surface area contributed by atoms with Crippen LogP contribution in [0.3, 0.4) is 0 Å². The zero-order valence-electron chi connectivity index (χ0n) is 18.1. The van der Waals surface area contributed by atoms with Crippen molar-refractivity contribution in [2.45, 2.75) is 43.5 Å². The molecule has 3 heterocycles. The van der Waals surface area contributed by atoms with Crippen LogP contribution in [-0.2, 0) is 10.0 Å². The second-order valence-corrected chi connectivity index (χ2v) is 10.2. The van der Waals surface area contributed by atoms with Gasteiger partial charge in [0.15, 0.2) is 0 Å². The number of carbonyl (C=O) groups excluding carboxylic acids is 1. The third-order valence-electron chi connectivity index (χ3n) is 6.25. The van der Waals surface area contributed by atoms with Gasteiger partial charge in [0.05, 0.1) is 4.90 Å². The number of hydrogen-bond acceptors (Lipinski definition) is 6. The summed E-state index contributed by atoms with van der Waals surface area (Å²) >= 11 is 0. The van der Waals surface area contributed by atoms with Crippen molar-refractivity contribution in [2.75, 3.05) is 38.1 Å². The maximum absolute atomic E-state index is 12.9. The van der Waals surface area contributed by atoms with Crippen LogP contribution in [0.25, 0.3) is 0 Å². The second kappa shape index (κ2) is 8.92. The van der Waals surface area contributed by atoms with Gasteiger partial charge in [0.1, 0.15) is 12.1 Å². The number of likely N-dealkylation sites (tertiary alicyclic amines) is 1. The third kappa shape index (κ3) is 4.57. The van der Waals surface area contributed by atoms with E-state index in [2.05, 4.69) is 14.9 Å². The zero-order chi connectivity index (χ0) is 22.0. The number of nitrogens with zero attached hydrogens (tertiary/aromatic N) is 5.